The summed E-state index contributed by atoms with van der Waals surface area (Å²) in [7, 11) is 0. The Bertz CT molecular complexity index is 646. The van der Waals surface area contributed by atoms with E-state index in [2.05, 4.69) is 0 Å². The van der Waals surface area contributed by atoms with Gasteiger partial charge in [0.1, 0.15) is 11.5 Å². The molecule has 0 aliphatic heterocycles. The van der Waals surface area contributed by atoms with Crippen molar-refractivity contribution >= 4 is 23.3 Å². The van der Waals surface area contributed by atoms with Crippen LogP contribution in [-0.4, -0.2) is 17.0 Å². The number of esters is 1. The lowest BCUT2D eigenvalue weighted by atomic mass is 10.1. The van der Waals surface area contributed by atoms with Gasteiger partial charge < -0.3 is 9.84 Å². The van der Waals surface area contributed by atoms with Gasteiger partial charge in [0, 0.05) is 11.3 Å². The molecule has 116 valence electrons. The van der Waals surface area contributed by atoms with Crippen LogP contribution in [-0.2, 0) is 22.6 Å². The standard InChI is InChI=1S/C17H18O4S/c1-12-10-15(22-14(12)8-5-9-16(18)19)17(20)21-11-13-6-3-2-4-7-13/h2-4,6-7,10H,5,8-9,11H2,1H3,(H,18,19). The monoisotopic (exact) mass is 318 g/mol. The molecule has 0 bridgehead atoms. The molecule has 22 heavy (non-hydrogen) atoms. The number of thiophene rings is 1. The van der Waals surface area contributed by atoms with Gasteiger partial charge in [-0.15, -0.1) is 11.3 Å². The van der Waals surface area contributed by atoms with Crippen molar-refractivity contribution in [2.45, 2.75) is 32.8 Å². The second-order valence-electron chi connectivity index (χ2n) is 5.03. The summed E-state index contributed by atoms with van der Waals surface area (Å²) in [6.07, 6.45) is 1.40. The minimum absolute atomic E-state index is 0.144. The van der Waals surface area contributed by atoms with Crippen molar-refractivity contribution in [2.75, 3.05) is 0 Å². The summed E-state index contributed by atoms with van der Waals surface area (Å²) >= 11 is 1.39. The summed E-state index contributed by atoms with van der Waals surface area (Å²) < 4.78 is 5.30. The second-order valence-corrected chi connectivity index (χ2v) is 6.16. The minimum Gasteiger partial charge on any atom is -0.481 e. The molecule has 0 atom stereocenters. The topological polar surface area (TPSA) is 63.6 Å². The van der Waals surface area contributed by atoms with E-state index in [-0.39, 0.29) is 19.0 Å². The molecular formula is C17H18O4S. The van der Waals surface area contributed by atoms with Crippen molar-refractivity contribution in [3.8, 4) is 0 Å². The summed E-state index contributed by atoms with van der Waals surface area (Å²) in [5.41, 5.74) is 1.97. The molecule has 4 nitrogen and oxygen atoms in total. The van der Waals surface area contributed by atoms with E-state index < -0.39 is 5.97 Å². The SMILES string of the molecule is Cc1cc(C(=O)OCc2ccccc2)sc1CCCC(=O)O. The van der Waals surface area contributed by atoms with E-state index >= 15 is 0 Å². The fourth-order valence-corrected chi connectivity index (χ4v) is 3.17. The number of carboxylic acid groups (broad SMARTS) is 1. The van der Waals surface area contributed by atoms with Gasteiger partial charge in [-0.25, -0.2) is 4.79 Å². The first-order valence-electron chi connectivity index (χ1n) is 7.08. The van der Waals surface area contributed by atoms with Gasteiger partial charge in [-0.05, 0) is 37.0 Å². The quantitative estimate of drug-likeness (QED) is 0.788. The fourth-order valence-electron chi connectivity index (χ4n) is 2.06. The van der Waals surface area contributed by atoms with Crippen molar-refractivity contribution in [2.24, 2.45) is 0 Å². The summed E-state index contributed by atoms with van der Waals surface area (Å²) in [5, 5.41) is 8.66. The normalized spacial score (nSPS) is 10.4. The number of carbonyl (C=O) groups excluding carboxylic acids is 1. The Morgan fingerprint density at radius 3 is 2.64 bits per heavy atom. The van der Waals surface area contributed by atoms with Gasteiger partial charge in [0.05, 0.1) is 0 Å². The Hall–Kier alpha value is -2.14. The van der Waals surface area contributed by atoms with Gasteiger partial charge >= 0.3 is 11.9 Å². The molecule has 0 saturated carbocycles. The Balaban J connectivity index is 1.91. The van der Waals surface area contributed by atoms with Crippen LogP contribution in [0.3, 0.4) is 0 Å². The summed E-state index contributed by atoms with van der Waals surface area (Å²) in [5.74, 6) is -1.13. The van der Waals surface area contributed by atoms with Gasteiger partial charge in [-0.2, -0.15) is 0 Å². The highest BCUT2D eigenvalue weighted by Crippen LogP contribution is 2.24. The lowest BCUT2D eigenvalue weighted by molar-refractivity contribution is -0.137. The maximum atomic E-state index is 12.1. The number of aliphatic carboxylic acids is 1. The van der Waals surface area contributed by atoms with Crippen LogP contribution in [0.4, 0.5) is 0 Å². The number of ether oxygens (including phenoxy) is 1. The first-order chi connectivity index (χ1) is 10.6. The third kappa shape index (κ3) is 4.70. The molecule has 1 N–H and O–H groups in total. The summed E-state index contributed by atoms with van der Waals surface area (Å²) in [6.45, 7) is 2.19. The van der Waals surface area contributed by atoms with Crippen LogP contribution in [0.1, 0.15) is 38.5 Å². The van der Waals surface area contributed by atoms with E-state index in [0.717, 1.165) is 16.0 Å². The van der Waals surface area contributed by atoms with Gasteiger partial charge in [0.25, 0.3) is 0 Å². The van der Waals surface area contributed by atoms with Crippen LogP contribution in [0.2, 0.25) is 0 Å². The maximum Gasteiger partial charge on any atom is 0.348 e. The van der Waals surface area contributed by atoms with E-state index in [1.54, 1.807) is 0 Å². The Morgan fingerprint density at radius 1 is 1.23 bits per heavy atom. The molecule has 2 aromatic rings. The van der Waals surface area contributed by atoms with Crippen LogP contribution in [0, 0.1) is 6.92 Å². The number of hydrogen-bond acceptors (Lipinski definition) is 4. The third-order valence-electron chi connectivity index (χ3n) is 3.23. The number of carbonyl (C=O) groups is 2. The van der Waals surface area contributed by atoms with Gasteiger partial charge in [0.15, 0.2) is 0 Å². The molecule has 1 aromatic carbocycles. The van der Waals surface area contributed by atoms with Crippen LogP contribution in [0.25, 0.3) is 0 Å². The molecule has 1 aromatic heterocycles. The molecule has 0 aliphatic rings. The van der Waals surface area contributed by atoms with Crippen molar-refractivity contribution < 1.29 is 19.4 Å². The van der Waals surface area contributed by atoms with E-state index in [1.165, 1.54) is 11.3 Å². The van der Waals surface area contributed by atoms with Gasteiger partial charge in [-0.3, -0.25) is 4.79 Å². The predicted molar refractivity (Wildman–Crippen MR) is 85.2 cm³/mol. The molecule has 0 fully saturated rings. The third-order valence-corrected chi connectivity index (χ3v) is 4.51. The second kappa shape index (κ2) is 7.75. The number of carboxylic acids is 1. The smallest absolute Gasteiger partial charge is 0.348 e. The number of rotatable bonds is 7. The van der Waals surface area contributed by atoms with E-state index in [0.29, 0.717) is 17.7 Å². The number of aryl methyl sites for hydroxylation is 2. The lowest BCUT2D eigenvalue weighted by Crippen LogP contribution is -2.02. The zero-order valence-electron chi connectivity index (χ0n) is 12.4. The largest absolute Gasteiger partial charge is 0.481 e. The highest BCUT2D eigenvalue weighted by Gasteiger charge is 2.14. The maximum absolute atomic E-state index is 12.1. The van der Waals surface area contributed by atoms with Crippen molar-refractivity contribution in [1.29, 1.82) is 0 Å². The number of hydrogen-bond donors (Lipinski definition) is 1. The Kier molecular flexibility index (Phi) is 5.72. The van der Waals surface area contributed by atoms with Crippen molar-refractivity contribution in [3.05, 3.63) is 57.3 Å². The average molecular weight is 318 g/mol. The highest BCUT2D eigenvalue weighted by molar-refractivity contribution is 7.14. The van der Waals surface area contributed by atoms with E-state index in [4.69, 9.17) is 9.84 Å². The molecule has 2 rings (SSSR count). The van der Waals surface area contributed by atoms with Gasteiger partial charge in [0.2, 0.25) is 0 Å². The lowest BCUT2D eigenvalue weighted by Gasteiger charge is -2.02. The molecule has 0 unspecified atom stereocenters. The zero-order chi connectivity index (χ0) is 15.9. The van der Waals surface area contributed by atoms with Crippen LogP contribution in [0.15, 0.2) is 36.4 Å². The Labute approximate surface area is 133 Å². The van der Waals surface area contributed by atoms with Crippen LogP contribution in [0.5, 0.6) is 0 Å². The molecule has 0 saturated heterocycles. The molecular weight excluding hydrogens is 300 g/mol. The molecule has 0 aliphatic carbocycles. The molecule has 1 heterocycles. The summed E-state index contributed by atoms with van der Waals surface area (Å²) in [6, 6.07) is 11.3. The first-order valence-corrected chi connectivity index (χ1v) is 7.90. The van der Waals surface area contributed by atoms with Crippen LogP contribution >= 0.6 is 11.3 Å². The van der Waals surface area contributed by atoms with E-state index in [9.17, 15) is 9.59 Å². The van der Waals surface area contributed by atoms with E-state index in [1.807, 2.05) is 43.3 Å². The fraction of sp³-hybridized carbons (Fsp3) is 0.294. The first kappa shape index (κ1) is 16.2. The molecule has 0 amide bonds. The highest BCUT2D eigenvalue weighted by atomic mass is 32.1. The van der Waals surface area contributed by atoms with Crippen molar-refractivity contribution in [1.82, 2.24) is 0 Å². The Morgan fingerprint density at radius 2 is 1.95 bits per heavy atom. The minimum atomic E-state index is -0.795. The molecule has 0 radical (unpaired) electrons. The van der Waals surface area contributed by atoms with Crippen molar-refractivity contribution in [3.63, 3.8) is 0 Å². The van der Waals surface area contributed by atoms with Gasteiger partial charge in [-0.1, -0.05) is 30.3 Å². The molecule has 5 heteroatoms. The number of benzene rings is 1. The zero-order valence-corrected chi connectivity index (χ0v) is 13.2. The average Bonchev–Trinajstić information content (AvgIpc) is 2.87. The molecule has 0 spiro atoms. The summed E-state index contributed by atoms with van der Waals surface area (Å²) in [4.78, 5) is 24.2. The predicted octanol–water partition coefficient (Wildman–Crippen LogP) is 3.82. The van der Waals surface area contributed by atoms with Crippen LogP contribution < -0.4 is 0 Å².